The highest BCUT2D eigenvalue weighted by Crippen LogP contribution is 2.13. The Kier molecular flexibility index (Phi) is 4.63. The number of rotatable bonds is 6. The standard InChI is InChI=1S/C13H16O3S/c1-3-4-12(14)9-10-17(15,16)13-7-5-11(2)6-8-13/h3,5-8H,1,4,9-10H2,2H3. The average molecular weight is 252 g/mol. The van der Waals surface area contributed by atoms with E-state index in [2.05, 4.69) is 6.58 Å². The average Bonchev–Trinajstić information content (AvgIpc) is 2.28. The van der Waals surface area contributed by atoms with Gasteiger partial charge in [-0.2, -0.15) is 0 Å². The van der Waals surface area contributed by atoms with Gasteiger partial charge in [-0.05, 0) is 19.1 Å². The van der Waals surface area contributed by atoms with Gasteiger partial charge in [-0.25, -0.2) is 8.42 Å². The SMILES string of the molecule is C=CCC(=O)CCS(=O)(=O)c1ccc(C)cc1. The number of carbonyl (C=O) groups is 1. The van der Waals surface area contributed by atoms with Crippen molar-refractivity contribution in [3.05, 3.63) is 42.5 Å². The number of carbonyl (C=O) groups excluding carboxylic acids is 1. The summed E-state index contributed by atoms with van der Waals surface area (Å²) in [7, 11) is -3.35. The third kappa shape index (κ3) is 4.15. The van der Waals surface area contributed by atoms with Crippen LogP contribution in [0.5, 0.6) is 0 Å². The van der Waals surface area contributed by atoms with Gasteiger partial charge in [0.25, 0.3) is 0 Å². The Bertz CT molecular complexity index is 498. The van der Waals surface area contributed by atoms with Crippen LogP contribution in [0.2, 0.25) is 0 Å². The lowest BCUT2D eigenvalue weighted by Gasteiger charge is -2.03. The van der Waals surface area contributed by atoms with Gasteiger partial charge in [-0.3, -0.25) is 4.79 Å². The van der Waals surface area contributed by atoms with Gasteiger partial charge in [0.1, 0.15) is 5.78 Å². The van der Waals surface area contributed by atoms with E-state index < -0.39 is 9.84 Å². The summed E-state index contributed by atoms with van der Waals surface area (Å²) in [4.78, 5) is 11.5. The molecule has 0 saturated carbocycles. The molecule has 1 aromatic carbocycles. The van der Waals surface area contributed by atoms with Crippen LogP contribution in [-0.4, -0.2) is 20.0 Å². The number of sulfone groups is 1. The van der Waals surface area contributed by atoms with Crippen LogP contribution in [-0.2, 0) is 14.6 Å². The highest BCUT2D eigenvalue weighted by atomic mass is 32.2. The summed E-state index contributed by atoms with van der Waals surface area (Å²) in [6.45, 7) is 5.34. The minimum absolute atomic E-state index is 0.0439. The molecule has 0 aliphatic heterocycles. The van der Waals surface area contributed by atoms with Crippen LogP contribution in [0.15, 0.2) is 41.8 Å². The van der Waals surface area contributed by atoms with Gasteiger partial charge in [0.05, 0.1) is 10.6 Å². The van der Waals surface area contributed by atoms with Crippen molar-refractivity contribution in [2.75, 3.05) is 5.75 Å². The lowest BCUT2D eigenvalue weighted by atomic mass is 10.2. The van der Waals surface area contributed by atoms with Crippen molar-refractivity contribution >= 4 is 15.6 Å². The van der Waals surface area contributed by atoms with E-state index in [1.165, 1.54) is 6.08 Å². The molecule has 0 aromatic heterocycles. The van der Waals surface area contributed by atoms with Gasteiger partial charge >= 0.3 is 0 Å². The van der Waals surface area contributed by atoms with Crippen LogP contribution >= 0.6 is 0 Å². The number of aryl methyl sites for hydroxylation is 1. The molecular weight excluding hydrogens is 236 g/mol. The minimum Gasteiger partial charge on any atom is -0.299 e. The van der Waals surface area contributed by atoms with Gasteiger partial charge in [-0.1, -0.05) is 23.8 Å². The number of allylic oxidation sites excluding steroid dienone is 1. The molecule has 0 bridgehead atoms. The van der Waals surface area contributed by atoms with Gasteiger partial charge in [0.2, 0.25) is 0 Å². The Morgan fingerprint density at radius 3 is 2.41 bits per heavy atom. The van der Waals surface area contributed by atoms with Crippen molar-refractivity contribution in [3.63, 3.8) is 0 Å². The fourth-order valence-corrected chi connectivity index (χ4v) is 2.66. The molecule has 92 valence electrons. The van der Waals surface area contributed by atoms with Gasteiger partial charge in [-0.15, -0.1) is 6.58 Å². The molecule has 3 nitrogen and oxygen atoms in total. The van der Waals surface area contributed by atoms with E-state index in [-0.39, 0.29) is 29.3 Å². The molecule has 0 spiro atoms. The Morgan fingerprint density at radius 1 is 1.29 bits per heavy atom. The lowest BCUT2D eigenvalue weighted by molar-refractivity contribution is -0.117. The first kappa shape index (κ1) is 13.6. The molecule has 4 heteroatoms. The molecule has 0 N–H and O–H groups in total. The Hall–Kier alpha value is -1.42. The molecule has 1 aromatic rings. The zero-order chi connectivity index (χ0) is 12.9. The fourth-order valence-electron chi connectivity index (χ4n) is 1.37. The zero-order valence-electron chi connectivity index (χ0n) is 9.85. The van der Waals surface area contributed by atoms with Crippen molar-refractivity contribution in [1.29, 1.82) is 0 Å². The van der Waals surface area contributed by atoms with Crippen LogP contribution in [0.3, 0.4) is 0 Å². The first-order valence-electron chi connectivity index (χ1n) is 5.38. The van der Waals surface area contributed by atoms with E-state index in [0.29, 0.717) is 0 Å². The molecule has 0 saturated heterocycles. The maximum Gasteiger partial charge on any atom is 0.178 e. The monoisotopic (exact) mass is 252 g/mol. The fraction of sp³-hybridized carbons (Fsp3) is 0.308. The summed E-state index contributed by atoms with van der Waals surface area (Å²) in [5.74, 6) is -0.237. The predicted molar refractivity (Wildman–Crippen MR) is 67.7 cm³/mol. The van der Waals surface area contributed by atoms with E-state index in [1.807, 2.05) is 6.92 Å². The second kappa shape index (κ2) is 5.77. The molecule has 0 amide bonds. The maximum absolute atomic E-state index is 11.9. The Morgan fingerprint density at radius 2 is 1.88 bits per heavy atom. The van der Waals surface area contributed by atoms with Crippen LogP contribution in [0, 0.1) is 6.92 Å². The van der Waals surface area contributed by atoms with Crippen LogP contribution in [0.1, 0.15) is 18.4 Å². The van der Waals surface area contributed by atoms with Crippen molar-refractivity contribution in [1.82, 2.24) is 0 Å². The molecule has 0 unspecified atom stereocenters. The van der Waals surface area contributed by atoms with E-state index in [1.54, 1.807) is 24.3 Å². The molecule has 0 radical (unpaired) electrons. The second-order valence-electron chi connectivity index (χ2n) is 3.91. The summed E-state index contributed by atoms with van der Waals surface area (Å²) in [6.07, 6.45) is 1.76. The summed E-state index contributed by atoms with van der Waals surface area (Å²) < 4.78 is 23.7. The zero-order valence-corrected chi connectivity index (χ0v) is 10.7. The molecule has 0 heterocycles. The highest BCUT2D eigenvalue weighted by Gasteiger charge is 2.15. The van der Waals surface area contributed by atoms with Gasteiger partial charge in [0.15, 0.2) is 9.84 Å². The van der Waals surface area contributed by atoms with Crippen molar-refractivity contribution < 1.29 is 13.2 Å². The van der Waals surface area contributed by atoms with E-state index in [9.17, 15) is 13.2 Å². The summed E-state index contributed by atoms with van der Waals surface area (Å²) in [5.41, 5.74) is 1.01. The van der Waals surface area contributed by atoms with Gasteiger partial charge < -0.3 is 0 Å². The number of Topliss-reactive ketones (excluding diaryl/α,β-unsaturated/α-hetero) is 1. The first-order valence-corrected chi connectivity index (χ1v) is 7.03. The maximum atomic E-state index is 11.9. The third-order valence-electron chi connectivity index (χ3n) is 2.40. The van der Waals surface area contributed by atoms with E-state index in [4.69, 9.17) is 0 Å². The molecule has 0 aliphatic rings. The minimum atomic E-state index is -3.35. The Labute approximate surface area is 102 Å². The summed E-state index contributed by atoms with van der Waals surface area (Å²) in [6, 6.07) is 6.64. The topological polar surface area (TPSA) is 51.2 Å². The predicted octanol–water partition coefficient (Wildman–Crippen LogP) is 2.30. The smallest absolute Gasteiger partial charge is 0.178 e. The molecule has 0 aliphatic carbocycles. The number of hydrogen-bond acceptors (Lipinski definition) is 3. The third-order valence-corrected chi connectivity index (χ3v) is 4.13. The summed E-state index contributed by atoms with van der Waals surface area (Å²) in [5, 5.41) is 0. The van der Waals surface area contributed by atoms with Crippen LogP contribution in [0.4, 0.5) is 0 Å². The van der Waals surface area contributed by atoms with Crippen molar-refractivity contribution in [3.8, 4) is 0 Å². The largest absolute Gasteiger partial charge is 0.299 e. The highest BCUT2D eigenvalue weighted by molar-refractivity contribution is 7.91. The first-order chi connectivity index (χ1) is 7.95. The quantitative estimate of drug-likeness (QED) is 0.730. The number of ketones is 1. The van der Waals surface area contributed by atoms with Gasteiger partial charge in [0, 0.05) is 12.8 Å². The molecular formula is C13H16O3S. The number of benzene rings is 1. The second-order valence-corrected chi connectivity index (χ2v) is 6.02. The van der Waals surface area contributed by atoms with Crippen LogP contribution in [0.25, 0.3) is 0 Å². The lowest BCUT2D eigenvalue weighted by Crippen LogP contribution is -2.11. The van der Waals surface area contributed by atoms with Crippen molar-refractivity contribution in [2.24, 2.45) is 0 Å². The molecule has 0 atom stereocenters. The normalized spacial score (nSPS) is 11.1. The van der Waals surface area contributed by atoms with Crippen LogP contribution < -0.4 is 0 Å². The Balaban J connectivity index is 2.72. The number of hydrogen-bond donors (Lipinski definition) is 0. The molecule has 0 fully saturated rings. The van der Waals surface area contributed by atoms with Crippen molar-refractivity contribution in [2.45, 2.75) is 24.7 Å². The van der Waals surface area contributed by atoms with E-state index in [0.717, 1.165) is 5.56 Å². The molecule has 17 heavy (non-hydrogen) atoms. The summed E-state index contributed by atoms with van der Waals surface area (Å²) >= 11 is 0. The molecule has 1 rings (SSSR count). The van der Waals surface area contributed by atoms with E-state index >= 15 is 0 Å².